The van der Waals surface area contributed by atoms with Crippen LogP contribution in [0.25, 0.3) is 20.7 Å². The van der Waals surface area contributed by atoms with Gasteiger partial charge in [-0.25, -0.2) is 4.98 Å². The molecule has 2 heterocycles. The third-order valence-electron chi connectivity index (χ3n) is 4.95. The van der Waals surface area contributed by atoms with Crippen LogP contribution < -0.4 is 5.56 Å². The molecule has 0 saturated heterocycles. The van der Waals surface area contributed by atoms with Crippen LogP contribution in [-0.4, -0.2) is 14.7 Å². The number of aromatic nitrogens is 2. The van der Waals surface area contributed by atoms with Crippen LogP contribution in [0.3, 0.4) is 0 Å². The highest BCUT2D eigenvalue weighted by atomic mass is 32.1. The van der Waals surface area contributed by atoms with Crippen LogP contribution in [0.15, 0.2) is 65.7 Å². The molecule has 1 atom stereocenters. The predicted octanol–water partition coefficient (Wildman–Crippen LogP) is 5.19. The van der Waals surface area contributed by atoms with Gasteiger partial charge in [-0.15, -0.1) is 11.3 Å². The first kappa shape index (κ1) is 20.3. The van der Waals surface area contributed by atoms with Crippen LogP contribution in [0, 0.1) is 6.92 Å². The number of nitrogens with zero attached hydrogens (tertiary/aromatic N) is 2. The van der Waals surface area contributed by atoms with Crippen molar-refractivity contribution in [2.75, 3.05) is 0 Å². The van der Waals surface area contributed by atoms with E-state index in [9.17, 15) is 23.1 Å². The first-order chi connectivity index (χ1) is 14.3. The highest BCUT2D eigenvalue weighted by Crippen LogP contribution is 2.35. The molecule has 8 heteroatoms. The van der Waals surface area contributed by atoms with Crippen molar-refractivity contribution in [1.82, 2.24) is 9.55 Å². The maximum atomic E-state index is 13.0. The van der Waals surface area contributed by atoms with Gasteiger partial charge in [0, 0.05) is 4.88 Å². The molecule has 30 heavy (non-hydrogen) atoms. The summed E-state index contributed by atoms with van der Waals surface area (Å²) in [5, 5.41) is 10.9. The van der Waals surface area contributed by atoms with Crippen LogP contribution in [-0.2, 0) is 12.7 Å². The summed E-state index contributed by atoms with van der Waals surface area (Å²) in [5.74, 6) is 0. The molecule has 2 aromatic carbocycles. The van der Waals surface area contributed by atoms with Gasteiger partial charge in [-0.1, -0.05) is 42.5 Å². The zero-order valence-electron chi connectivity index (χ0n) is 15.8. The summed E-state index contributed by atoms with van der Waals surface area (Å²) in [5.41, 5.74) is 1.02. The number of alkyl halides is 3. The third kappa shape index (κ3) is 3.76. The molecule has 4 aromatic rings. The Bertz CT molecular complexity index is 1250. The Kier molecular flexibility index (Phi) is 5.21. The van der Waals surface area contributed by atoms with E-state index in [1.54, 1.807) is 0 Å². The number of aryl methyl sites for hydroxylation is 1. The third-order valence-corrected chi connectivity index (χ3v) is 6.19. The van der Waals surface area contributed by atoms with Crippen LogP contribution in [0.4, 0.5) is 13.2 Å². The molecule has 2 aromatic heterocycles. The number of aliphatic hydroxyl groups excluding tert-OH is 1. The van der Waals surface area contributed by atoms with Crippen molar-refractivity contribution >= 4 is 21.6 Å². The van der Waals surface area contributed by atoms with Gasteiger partial charge >= 0.3 is 6.18 Å². The van der Waals surface area contributed by atoms with E-state index in [0.717, 1.165) is 28.1 Å². The molecule has 4 nitrogen and oxygen atoms in total. The number of rotatable bonds is 4. The van der Waals surface area contributed by atoms with Crippen molar-refractivity contribution in [1.29, 1.82) is 0 Å². The van der Waals surface area contributed by atoms with E-state index < -0.39 is 17.8 Å². The molecule has 0 aliphatic rings. The minimum atomic E-state index is -4.44. The van der Waals surface area contributed by atoms with E-state index in [0.29, 0.717) is 15.8 Å². The number of halogens is 3. The van der Waals surface area contributed by atoms with Crippen molar-refractivity contribution in [2.45, 2.75) is 25.7 Å². The number of fused-ring (bicyclic) bond motifs is 1. The molecule has 154 valence electrons. The van der Waals surface area contributed by atoms with E-state index in [4.69, 9.17) is 0 Å². The highest BCUT2D eigenvalue weighted by Gasteiger charge is 2.30. The Morgan fingerprint density at radius 3 is 2.40 bits per heavy atom. The molecule has 0 aliphatic heterocycles. The van der Waals surface area contributed by atoms with E-state index in [2.05, 4.69) is 4.98 Å². The van der Waals surface area contributed by atoms with Crippen LogP contribution in [0.1, 0.15) is 22.8 Å². The molecule has 0 unspecified atom stereocenters. The fourth-order valence-corrected chi connectivity index (χ4v) is 4.48. The maximum Gasteiger partial charge on any atom is 0.416 e. The number of hydrogen-bond acceptors (Lipinski definition) is 4. The maximum absolute atomic E-state index is 13.0. The summed E-state index contributed by atoms with van der Waals surface area (Å²) in [6.07, 6.45) is -4.22. The van der Waals surface area contributed by atoms with Gasteiger partial charge < -0.3 is 5.11 Å². The number of benzene rings is 2. The average Bonchev–Trinajstić information content (AvgIpc) is 3.07. The van der Waals surface area contributed by atoms with Crippen LogP contribution in [0.2, 0.25) is 0 Å². The smallest absolute Gasteiger partial charge is 0.387 e. The van der Waals surface area contributed by atoms with Crippen LogP contribution in [0.5, 0.6) is 0 Å². The number of aliphatic hydroxyl groups is 1. The van der Waals surface area contributed by atoms with Crippen LogP contribution >= 0.6 is 11.3 Å². The Hall–Kier alpha value is -2.97. The number of hydrogen-bond donors (Lipinski definition) is 1. The molecule has 0 bridgehead atoms. The Labute approximate surface area is 173 Å². The van der Waals surface area contributed by atoms with Crippen molar-refractivity contribution in [3.63, 3.8) is 0 Å². The van der Waals surface area contributed by atoms with Crippen molar-refractivity contribution in [3.8, 4) is 10.4 Å². The van der Waals surface area contributed by atoms with Crippen molar-refractivity contribution in [2.24, 2.45) is 0 Å². The second kappa shape index (κ2) is 7.70. The molecule has 4 rings (SSSR count). The molecule has 0 spiro atoms. The standard InChI is InChI=1S/C22H17F3N2O2S/c1-13-18-20(30-19(13)15-5-3-2-4-6-15)26-12-27(21(18)29)11-17(28)14-7-9-16(10-8-14)22(23,24)25/h2-10,12,17,28H,11H2,1H3/t17-/m1/s1. The van der Waals surface area contributed by atoms with E-state index in [1.165, 1.54) is 34.4 Å². The largest absolute Gasteiger partial charge is 0.416 e. The summed E-state index contributed by atoms with van der Waals surface area (Å²) in [7, 11) is 0. The molecular formula is C22H17F3N2O2S. The second-order valence-electron chi connectivity index (χ2n) is 6.94. The SMILES string of the molecule is Cc1c(-c2ccccc2)sc2ncn(C[C@@H](O)c3ccc(C(F)(F)F)cc3)c(=O)c12. The molecular weight excluding hydrogens is 413 g/mol. The van der Waals surface area contributed by atoms with Crippen molar-refractivity contribution in [3.05, 3.63) is 88.0 Å². The van der Waals surface area contributed by atoms with Gasteiger partial charge in [-0.05, 0) is 35.7 Å². The normalized spacial score (nSPS) is 13.0. The zero-order valence-corrected chi connectivity index (χ0v) is 16.7. The zero-order chi connectivity index (χ0) is 21.5. The van der Waals surface area contributed by atoms with Gasteiger partial charge in [-0.3, -0.25) is 9.36 Å². The summed E-state index contributed by atoms with van der Waals surface area (Å²) in [4.78, 5) is 18.9. The van der Waals surface area contributed by atoms with E-state index >= 15 is 0 Å². The summed E-state index contributed by atoms with van der Waals surface area (Å²) >= 11 is 1.43. The summed E-state index contributed by atoms with van der Waals surface area (Å²) in [6.45, 7) is 1.75. The highest BCUT2D eigenvalue weighted by molar-refractivity contribution is 7.22. The lowest BCUT2D eigenvalue weighted by Gasteiger charge is -2.14. The molecule has 1 N–H and O–H groups in total. The molecule has 0 amide bonds. The monoisotopic (exact) mass is 430 g/mol. The summed E-state index contributed by atoms with van der Waals surface area (Å²) < 4.78 is 39.4. The predicted molar refractivity (Wildman–Crippen MR) is 110 cm³/mol. The molecule has 0 fully saturated rings. The first-order valence-electron chi connectivity index (χ1n) is 9.15. The quantitative estimate of drug-likeness (QED) is 0.485. The van der Waals surface area contributed by atoms with Gasteiger partial charge in [0.05, 0.1) is 29.9 Å². The van der Waals surface area contributed by atoms with Gasteiger partial charge in [0.1, 0.15) is 4.83 Å². The second-order valence-corrected chi connectivity index (χ2v) is 7.94. The van der Waals surface area contributed by atoms with Gasteiger partial charge in [0.15, 0.2) is 0 Å². The Morgan fingerprint density at radius 2 is 1.77 bits per heavy atom. The fourth-order valence-electron chi connectivity index (χ4n) is 3.34. The van der Waals surface area contributed by atoms with Gasteiger partial charge in [0.2, 0.25) is 0 Å². The average molecular weight is 430 g/mol. The fraction of sp³-hybridized carbons (Fsp3) is 0.182. The first-order valence-corrected chi connectivity index (χ1v) is 9.96. The molecule has 0 saturated carbocycles. The Balaban J connectivity index is 1.66. The van der Waals surface area contributed by atoms with Crippen molar-refractivity contribution < 1.29 is 18.3 Å². The minimum Gasteiger partial charge on any atom is -0.387 e. The Morgan fingerprint density at radius 1 is 1.10 bits per heavy atom. The lowest BCUT2D eigenvalue weighted by molar-refractivity contribution is -0.137. The minimum absolute atomic E-state index is 0.108. The van der Waals surface area contributed by atoms with E-state index in [1.807, 2.05) is 37.3 Å². The van der Waals surface area contributed by atoms with Gasteiger partial charge in [-0.2, -0.15) is 13.2 Å². The molecule has 0 aliphatic carbocycles. The van der Waals surface area contributed by atoms with Gasteiger partial charge in [0.25, 0.3) is 5.56 Å². The lowest BCUT2D eigenvalue weighted by Crippen LogP contribution is -2.23. The lowest BCUT2D eigenvalue weighted by atomic mass is 10.1. The van der Waals surface area contributed by atoms with E-state index in [-0.39, 0.29) is 12.1 Å². The topological polar surface area (TPSA) is 55.1 Å². The number of thiophene rings is 1. The summed E-state index contributed by atoms with van der Waals surface area (Å²) in [6, 6.07) is 13.9. The molecule has 0 radical (unpaired) electrons.